The van der Waals surface area contributed by atoms with Crippen molar-refractivity contribution in [2.45, 2.75) is 11.8 Å². The molecule has 0 spiro atoms. The number of non-ortho nitro benzene ring substituents is 1. The van der Waals surface area contributed by atoms with E-state index in [4.69, 9.17) is 9.47 Å². The molecule has 3 aromatic carbocycles. The van der Waals surface area contributed by atoms with E-state index in [2.05, 4.69) is 10.0 Å². The van der Waals surface area contributed by atoms with Gasteiger partial charge in [0.05, 0.1) is 33.4 Å². The molecule has 0 saturated heterocycles. The van der Waals surface area contributed by atoms with Crippen LogP contribution in [0, 0.1) is 10.1 Å². The minimum absolute atomic E-state index is 0.119. The molecule has 0 atom stereocenters. The Hall–Kier alpha value is -4.45. The maximum Gasteiger partial charge on any atom is 0.340 e. The molecule has 182 valence electrons. The lowest BCUT2D eigenvalue weighted by molar-refractivity contribution is -0.385. The SMILES string of the molecule is CCOc1ccccc1NC(=O)COC(=O)c1ccccc1NS(=O)(=O)c1cccc([N+](=O)[O-])c1. The van der Waals surface area contributed by atoms with E-state index < -0.39 is 39.1 Å². The summed E-state index contributed by atoms with van der Waals surface area (Å²) >= 11 is 0. The number of benzene rings is 3. The third-order valence-electron chi connectivity index (χ3n) is 4.53. The minimum atomic E-state index is -4.26. The van der Waals surface area contributed by atoms with Crippen molar-refractivity contribution in [1.29, 1.82) is 0 Å². The van der Waals surface area contributed by atoms with Crippen molar-refractivity contribution in [3.8, 4) is 5.75 Å². The molecule has 0 aliphatic carbocycles. The predicted octanol–water partition coefficient (Wildman–Crippen LogP) is 3.59. The van der Waals surface area contributed by atoms with Gasteiger partial charge in [0.2, 0.25) is 0 Å². The highest BCUT2D eigenvalue weighted by Gasteiger charge is 2.22. The van der Waals surface area contributed by atoms with Crippen LogP contribution in [0.25, 0.3) is 0 Å². The Morgan fingerprint density at radius 2 is 1.66 bits per heavy atom. The first-order valence-corrected chi connectivity index (χ1v) is 11.7. The number of hydrogen-bond acceptors (Lipinski definition) is 8. The topological polar surface area (TPSA) is 154 Å². The summed E-state index contributed by atoms with van der Waals surface area (Å²) in [7, 11) is -4.26. The highest BCUT2D eigenvalue weighted by molar-refractivity contribution is 7.92. The van der Waals surface area contributed by atoms with Crippen molar-refractivity contribution in [1.82, 2.24) is 0 Å². The second kappa shape index (κ2) is 11.1. The molecule has 0 bridgehead atoms. The smallest absolute Gasteiger partial charge is 0.340 e. The number of nitrogens with one attached hydrogen (secondary N) is 2. The molecule has 1 amide bonds. The molecule has 0 heterocycles. The van der Waals surface area contributed by atoms with Crippen molar-refractivity contribution >= 4 is 39.0 Å². The third-order valence-corrected chi connectivity index (χ3v) is 5.89. The minimum Gasteiger partial charge on any atom is -0.492 e. The van der Waals surface area contributed by atoms with Gasteiger partial charge in [-0.2, -0.15) is 0 Å². The van der Waals surface area contributed by atoms with Crippen LogP contribution in [0.4, 0.5) is 17.1 Å². The van der Waals surface area contributed by atoms with E-state index in [0.717, 1.165) is 12.1 Å². The van der Waals surface area contributed by atoms with Gasteiger partial charge >= 0.3 is 5.97 Å². The number of carbonyl (C=O) groups is 2. The summed E-state index contributed by atoms with van der Waals surface area (Å²) in [5.41, 5.74) is -0.270. The van der Waals surface area contributed by atoms with Crippen LogP contribution in [0.15, 0.2) is 77.7 Å². The van der Waals surface area contributed by atoms with Crippen molar-refractivity contribution in [2.75, 3.05) is 23.3 Å². The molecule has 0 aromatic heterocycles. The quantitative estimate of drug-likeness (QED) is 0.244. The van der Waals surface area contributed by atoms with E-state index in [-0.39, 0.29) is 16.1 Å². The van der Waals surface area contributed by atoms with Crippen LogP contribution in [0.2, 0.25) is 0 Å². The van der Waals surface area contributed by atoms with E-state index in [0.29, 0.717) is 18.0 Å². The van der Waals surface area contributed by atoms with E-state index in [1.165, 1.54) is 36.4 Å². The summed E-state index contributed by atoms with van der Waals surface area (Å²) in [6.07, 6.45) is 0. The highest BCUT2D eigenvalue weighted by atomic mass is 32.2. The number of nitrogens with zero attached hydrogens (tertiary/aromatic N) is 1. The molecule has 12 heteroatoms. The first kappa shape index (κ1) is 25.2. The van der Waals surface area contributed by atoms with Crippen LogP contribution in [0.5, 0.6) is 5.75 Å². The molecule has 0 aliphatic rings. The van der Waals surface area contributed by atoms with Gasteiger partial charge in [-0.1, -0.05) is 30.3 Å². The number of nitro benzene ring substituents is 1. The molecular weight excluding hydrogens is 478 g/mol. The zero-order valence-corrected chi connectivity index (χ0v) is 19.3. The van der Waals surface area contributed by atoms with Gasteiger partial charge in [-0.25, -0.2) is 13.2 Å². The van der Waals surface area contributed by atoms with E-state index in [9.17, 15) is 28.1 Å². The summed E-state index contributed by atoms with van der Waals surface area (Å²) < 4.78 is 38.2. The van der Waals surface area contributed by atoms with Gasteiger partial charge < -0.3 is 14.8 Å². The zero-order chi connectivity index (χ0) is 25.4. The van der Waals surface area contributed by atoms with Gasteiger partial charge in [-0.3, -0.25) is 19.6 Å². The largest absolute Gasteiger partial charge is 0.492 e. The second-order valence-corrected chi connectivity index (χ2v) is 8.64. The van der Waals surface area contributed by atoms with Gasteiger partial charge in [-0.15, -0.1) is 0 Å². The number of nitro groups is 1. The fourth-order valence-corrected chi connectivity index (χ4v) is 4.08. The Bertz CT molecular complexity index is 1360. The van der Waals surface area contributed by atoms with Gasteiger partial charge in [0.25, 0.3) is 21.6 Å². The molecule has 35 heavy (non-hydrogen) atoms. The molecule has 11 nitrogen and oxygen atoms in total. The number of rotatable bonds is 10. The first-order valence-electron chi connectivity index (χ1n) is 10.3. The van der Waals surface area contributed by atoms with Gasteiger partial charge in [0.1, 0.15) is 5.75 Å². The predicted molar refractivity (Wildman–Crippen MR) is 127 cm³/mol. The lowest BCUT2D eigenvalue weighted by Crippen LogP contribution is -2.22. The standard InChI is InChI=1S/C23H21N3O8S/c1-2-33-21-13-6-5-12-20(21)24-22(27)15-34-23(28)18-10-3-4-11-19(18)25-35(31,32)17-9-7-8-16(14-17)26(29)30/h3-14,25H,2,15H2,1H3,(H,24,27). The summed E-state index contributed by atoms with van der Waals surface area (Å²) in [5, 5.41) is 13.5. The number of sulfonamides is 1. The van der Waals surface area contributed by atoms with Crippen molar-refractivity contribution in [2.24, 2.45) is 0 Å². The lowest BCUT2D eigenvalue weighted by atomic mass is 10.2. The summed E-state index contributed by atoms with van der Waals surface area (Å²) in [6, 6.07) is 16.8. The first-order chi connectivity index (χ1) is 16.7. The number of carbonyl (C=O) groups excluding carboxylic acids is 2. The highest BCUT2D eigenvalue weighted by Crippen LogP contribution is 2.25. The van der Waals surface area contributed by atoms with Crippen LogP contribution in [-0.4, -0.2) is 38.4 Å². The molecule has 0 fully saturated rings. The number of hydrogen-bond donors (Lipinski definition) is 2. The molecule has 3 rings (SSSR count). The van der Waals surface area contributed by atoms with Gasteiger partial charge in [-0.05, 0) is 37.3 Å². The van der Waals surface area contributed by atoms with Crippen LogP contribution in [-0.2, 0) is 19.6 Å². The number of para-hydroxylation sites is 3. The van der Waals surface area contributed by atoms with Crippen molar-refractivity contribution in [3.63, 3.8) is 0 Å². The van der Waals surface area contributed by atoms with E-state index >= 15 is 0 Å². The lowest BCUT2D eigenvalue weighted by Gasteiger charge is -2.13. The maximum absolute atomic E-state index is 12.7. The fraction of sp³-hybridized carbons (Fsp3) is 0.130. The Morgan fingerprint density at radius 3 is 2.37 bits per heavy atom. The molecule has 0 aliphatic heterocycles. The van der Waals surface area contributed by atoms with Crippen LogP contribution in [0.3, 0.4) is 0 Å². The van der Waals surface area contributed by atoms with Crippen molar-refractivity contribution < 1.29 is 32.4 Å². The van der Waals surface area contributed by atoms with E-state index in [1.54, 1.807) is 31.2 Å². The third kappa shape index (κ3) is 6.54. The molecule has 0 radical (unpaired) electrons. The summed E-state index contributed by atoms with van der Waals surface area (Å²) in [6.45, 7) is 1.56. The normalized spacial score (nSPS) is 10.8. The average molecular weight is 500 g/mol. The maximum atomic E-state index is 12.7. The summed E-state index contributed by atoms with van der Waals surface area (Å²) in [5.74, 6) is -1.12. The number of ether oxygens (including phenoxy) is 2. The fourth-order valence-electron chi connectivity index (χ4n) is 2.96. The molecule has 3 aromatic rings. The Morgan fingerprint density at radius 1 is 0.971 bits per heavy atom. The number of esters is 1. The van der Waals surface area contributed by atoms with Crippen LogP contribution >= 0.6 is 0 Å². The van der Waals surface area contributed by atoms with Crippen LogP contribution in [0.1, 0.15) is 17.3 Å². The Kier molecular flexibility index (Phi) is 8.00. The molecule has 0 unspecified atom stereocenters. The monoisotopic (exact) mass is 499 g/mol. The van der Waals surface area contributed by atoms with Crippen LogP contribution < -0.4 is 14.8 Å². The van der Waals surface area contributed by atoms with Gasteiger partial charge in [0, 0.05) is 12.1 Å². The number of amides is 1. The molecular formula is C23H21N3O8S. The second-order valence-electron chi connectivity index (χ2n) is 6.96. The molecule has 0 saturated carbocycles. The zero-order valence-electron chi connectivity index (χ0n) is 18.5. The Balaban J connectivity index is 1.71. The van der Waals surface area contributed by atoms with Crippen molar-refractivity contribution in [3.05, 3.63) is 88.5 Å². The summed E-state index contributed by atoms with van der Waals surface area (Å²) in [4.78, 5) is 34.8. The Labute approximate surface area is 200 Å². The molecule has 2 N–H and O–H groups in total. The van der Waals surface area contributed by atoms with E-state index in [1.807, 2.05) is 0 Å². The number of anilines is 2. The average Bonchev–Trinajstić information content (AvgIpc) is 2.84. The van der Waals surface area contributed by atoms with Gasteiger partial charge in [0.15, 0.2) is 6.61 Å².